The van der Waals surface area contributed by atoms with E-state index in [0.717, 1.165) is 12.1 Å². The second-order valence-electron chi connectivity index (χ2n) is 12.4. The first-order chi connectivity index (χ1) is 21.7. The highest BCUT2D eigenvalue weighted by Gasteiger charge is 2.74. The number of phenols is 1. The Bertz CT molecular complexity index is 1860. The van der Waals surface area contributed by atoms with Crippen molar-refractivity contribution in [2.45, 2.75) is 36.3 Å². The highest BCUT2D eigenvalue weighted by Crippen LogP contribution is 2.59. The van der Waals surface area contributed by atoms with E-state index in [1.165, 1.54) is 37.2 Å². The Balaban J connectivity index is 1.81. The summed E-state index contributed by atoms with van der Waals surface area (Å²) < 4.78 is 42.1. The van der Waals surface area contributed by atoms with Crippen molar-refractivity contribution in [3.8, 4) is 28.7 Å². The Morgan fingerprint density at radius 2 is 1.68 bits per heavy atom. The number of alkyl halides is 3. The summed E-state index contributed by atoms with van der Waals surface area (Å²) in [6, 6.07) is 6.22. The number of ether oxygens (including phenoxy) is 1. The molecule has 0 aliphatic heterocycles. The molecule has 13 nitrogen and oxygen atoms in total. The number of halogens is 3. The number of ketones is 2. The van der Waals surface area contributed by atoms with Gasteiger partial charge in [0.25, 0.3) is 5.91 Å². The molecule has 0 heterocycles. The molecule has 9 N–H and O–H groups in total. The molecule has 0 aromatic heterocycles. The molecule has 16 heteroatoms. The first-order valence-corrected chi connectivity index (χ1v) is 14.0. The summed E-state index contributed by atoms with van der Waals surface area (Å²) in [5.74, 6) is -6.97. The number of nitrogens with two attached hydrogens (primary N) is 3. The molecule has 2 aromatic carbocycles. The summed E-state index contributed by atoms with van der Waals surface area (Å²) in [6.07, 6.45) is -5.75. The standard InChI is InChI=1S/C31H31F3N6O7/c1-39(2)17-9-15(13-5-7-14(8-6-13)47-31(32,33)34)21(41)18-16(17)10-28(37)11-30(38)24(40(3)4)23(43)19(27(36)46)25(44)29(30,12-35)26(45)20(28)22(18)42/h5-9,24,41-42,44H,10-11,37-38H2,1-4H3,(H2,36,46)/t24-,28-,29+,30-/m1/s1. The first kappa shape index (κ1) is 33.3. The summed E-state index contributed by atoms with van der Waals surface area (Å²) in [7, 11) is 6.11. The van der Waals surface area contributed by atoms with Crippen LogP contribution in [0.25, 0.3) is 16.9 Å². The molecule has 0 unspecified atom stereocenters. The SMILES string of the molecule is CN(C)c1cc(-c2ccc(OC(F)(F)F)cc2)c(O)c2c1C[C@@]1(N)C[C@@]3(N)[C@H](N(C)C)C(=O)C(C(N)=O)=C(O)[C@@]3(C#N)C(=O)C1=C2O. The van der Waals surface area contributed by atoms with Gasteiger partial charge in [-0.15, -0.1) is 13.2 Å². The van der Waals surface area contributed by atoms with Gasteiger partial charge in [-0.25, -0.2) is 0 Å². The number of nitriles is 1. The topological polar surface area (TPSA) is 229 Å². The molecule has 3 aliphatic rings. The number of nitrogens with zero attached hydrogens (tertiary/aromatic N) is 3. The van der Waals surface area contributed by atoms with Crippen molar-refractivity contribution in [3.63, 3.8) is 0 Å². The third-order valence-corrected chi connectivity index (χ3v) is 9.11. The van der Waals surface area contributed by atoms with Crippen LogP contribution < -0.4 is 26.8 Å². The zero-order valence-electron chi connectivity index (χ0n) is 25.6. The van der Waals surface area contributed by atoms with Gasteiger partial charge in [0, 0.05) is 25.3 Å². The average molecular weight is 657 g/mol. The van der Waals surface area contributed by atoms with E-state index in [1.54, 1.807) is 25.1 Å². The van der Waals surface area contributed by atoms with E-state index in [9.17, 15) is 48.1 Å². The molecule has 0 saturated heterocycles. The van der Waals surface area contributed by atoms with Crippen molar-refractivity contribution in [2.24, 2.45) is 22.6 Å². The predicted molar refractivity (Wildman–Crippen MR) is 161 cm³/mol. The third-order valence-electron chi connectivity index (χ3n) is 9.11. The highest BCUT2D eigenvalue weighted by molar-refractivity contribution is 6.25. The lowest BCUT2D eigenvalue weighted by molar-refractivity contribution is -0.274. The van der Waals surface area contributed by atoms with E-state index in [-0.39, 0.29) is 28.7 Å². The Kier molecular flexibility index (Phi) is 7.40. The Labute approximate surface area is 265 Å². The van der Waals surface area contributed by atoms with Gasteiger partial charge in [0.05, 0.1) is 34.3 Å². The van der Waals surface area contributed by atoms with Crippen LogP contribution in [0.1, 0.15) is 17.5 Å². The molecule has 1 fully saturated rings. The molecular weight excluding hydrogens is 625 g/mol. The largest absolute Gasteiger partial charge is 0.573 e. The second kappa shape index (κ2) is 10.5. The van der Waals surface area contributed by atoms with Crippen molar-refractivity contribution >= 4 is 28.9 Å². The minimum absolute atomic E-state index is 0.0452. The number of primary amides is 1. The number of hydrogen-bond acceptors (Lipinski definition) is 12. The number of amides is 1. The molecule has 1 saturated carbocycles. The molecular formula is C31H31F3N6O7. The van der Waals surface area contributed by atoms with E-state index in [4.69, 9.17) is 17.2 Å². The lowest BCUT2D eigenvalue weighted by Gasteiger charge is -2.58. The molecule has 248 valence electrons. The van der Waals surface area contributed by atoms with Gasteiger partial charge in [-0.1, -0.05) is 12.1 Å². The fraction of sp³-hybridized carbons (Fsp3) is 0.355. The van der Waals surface area contributed by atoms with E-state index >= 15 is 0 Å². The van der Waals surface area contributed by atoms with Gasteiger partial charge in [-0.2, -0.15) is 5.26 Å². The zero-order valence-corrected chi connectivity index (χ0v) is 25.6. The summed E-state index contributed by atoms with van der Waals surface area (Å²) >= 11 is 0. The number of aliphatic hydroxyl groups is 2. The van der Waals surface area contributed by atoms with Crippen molar-refractivity contribution in [3.05, 3.63) is 58.4 Å². The summed E-state index contributed by atoms with van der Waals surface area (Å²) in [4.78, 5) is 43.4. The van der Waals surface area contributed by atoms with Crippen LogP contribution in [0.2, 0.25) is 0 Å². The van der Waals surface area contributed by atoms with Crippen molar-refractivity contribution in [2.75, 3.05) is 33.1 Å². The number of phenolic OH excluding ortho intramolecular Hbond substituents is 1. The van der Waals surface area contributed by atoms with Gasteiger partial charge in [-0.3, -0.25) is 19.3 Å². The van der Waals surface area contributed by atoms with E-state index in [2.05, 4.69) is 4.74 Å². The van der Waals surface area contributed by atoms with Crippen LogP contribution >= 0.6 is 0 Å². The zero-order chi connectivity index (χ0) is 35.2. The van der Waals surface area contributed by atoms with Crippen molar-refractivity contribution in [1.29, 1.82) is 5.26 Å². The lowest BCUT2D eigenvalue weighted by atomic mass is 9.47. The number of hydrogen-bond donors (Lipinski definition) is 6. The van der Waals surface area contributed by atoms with Crippen molar-refractivity contribution < 1.29 is 47.6 Å². The maximum atomic E-state index is 14.6. The van der Waals surface area contributed by atoms with Crippen LogP contribution in [0.4, 0.5) is 18.9 Å². The quantitative estimate of drug-likeness (QED) is 0.252. The molecule has 3 aliphatic carbocycles. The number of anilines is 1. The number of fused-ring (bicyclic) bond motifs is 3. The van der Waals surface area contributed by atoms with Gasteiger partial charge in [0.1, 0.15) is 28.6 Å². The van der Waals surface area contributed by atoms with Crippen LogP contribution in [0.5, 0.6) is 11.5 Å². The number of Topliss-reactive ketones (excluding diaryl/α,β-unsaturated/α-hetero) is 2. The molecule has 1 amide bonds. The first-order valence-electron chi connectivity index (χ1n) is 14.0. The molecule has 4 atom stereocenters. The fourth-order valence-corrected chi connectivity index (χ4v) is 7.34. The lowest BCUT2D eigenvalue weighted by Crippen LogP contribution is -2.80. The van der Waals surface area contributed by atoms with Gasteiger partial charge >= 0.3 is 6.36 Å². The average Bonchev–Trinajstić information content (AvgIpc) is 2.91. The smallest absolute Gasteiger partial charge is 0.509 e. The molecule has 0 bridgehead atoms. The number of carbonyl (C=O) groups is 3. The number of aromatic hydroxyl groups is 1. The van der Waals surface area contributed by atoms with Gasteiger partial charge < -0.3 is 42.2 Å². The van der Waals surface area contributed by atoms with Gasteiger partial charge in [0.2, 0.25) is 0 Å². The number of aliphatic hydroxyl groups excluding tert-OH is 2. The van der Waals surface area contributed by atoms with Gasteiger partial charge in [-0.05, 0) is 56.3 Å². The minimum Gasteiger partial charge on any atom is -0.509 e. The number of rotatable bonds is 5. The molecule has 2 aromatic rings. The van der Waals surface area contributed by atoms with Crippen molar-refractivity contribution in [1.82, 2.24) is 4.90 Å². The predicted octanol–water partition coefficient (Wildman–Crippen LogP) is 1.54. The summed E-state index contributed by atoms with van der Waals surface area (Å²) in [6.45, 7) is 0. The minimum atomic E-state index is -4.94. The van der Waals surface area contributed by atoms with E-state index < -0.39 is 87.0 Å². The Morgan fingerprint density at radius 1 is 1.09 bits per heavy atom. The van der Waals surface area contributed by atoms with Crippen LogP contribution in [-0.2, 0) is 20.8 Å². The molecule has 0 radical (unpaired) electrons. The number of likely N-dealkylation sites (N-methyl/N-ethyl adjacent to an activating group) is 1. The maximum absolute atomic E-state index is 14.6. The van der Waals surface area contributed by atoms with Crippen LogP contribution in [-0.4, -0.2) is 89.4 Å². The summed E-state index contributed by atoms with van der Waals surface area (Å²) in [5.41, 5.74) is 11.2. The molecule has 5 rings (SSSR count). The van der Waals surface area contributed by atoms with Crippen LogP contribution in [0.15, 0.2) is 47.2 Å². The van der Waals surface area contributed by atoms with Crippen LogP contribution in [0.3, 0.4) is 0 Å². The third kappa shape index (κ3) is 4.53. The number of benzene rings is 2. The van der Waals surface area contributed by atoms with E-state index in [0.29, 0.717) is 5.69 Å². The highest BCUT2D eigenvalue weighted by atomic mass is 19.4. The second-order valence-corrected chi connectivity index (χ2v) is 12.4. The van der Waals surface area contributed by atoms with E-state index in [1.807, 2.05) is 0 Å². The normalized spacial score (nSPS) is 27.2. The molecule has 47 heavy (non-hydrogen) atoms. The van der Waals surface area contributed by atoms with Gasteiger partial charge in [0.15, 0.2) is 17.0 Å². The number of carbonyl (C=O) groups excluding carboxylic acids is 3. The Morgan fingerprint density at radius 3 is 2.17 bits per heavy atom. The van der Waals surface area contributed by atoms with Crippen LogP contribution in [0, 0.1) is 16.7 Å². The maximum Gasteiger partial charge on any atom is 0.573 e. The Hall–Kier alpha value is -5.11. The molecule has 0 spiro atoms. The monoisotopic (exact) mass is 656 g/mol. The fourth-order valence-electron chi connectivity index (χ4n) is 7.34. The summed E-state index contributed by atoms with van der Waals surface area (Å²) in [5, 5.41) is 45.3.